The van der Waals surface area contributed by atoms with Crippen LogP contribution in [0.5, 0.6) is 0 Å². The Morgan fingerprint density at radius 2 is 1.78 bits per heavy atom. The molecule has 3 aromatic rings. The summed E-state index contributed by atoms with van der Waals surface area (Å²) in [6.07, 6.45) is 2.10. The lowest BCUT2D eigenvalue weighted by atomic mass is 10.1. The van der Waals surface area contributed by atoms with Crippen LogP contribution in [0.3, 0.4) is 0 Å². The first-order chi connectivity index (χ1) is 13.0. The van der Waals surface area contributed by atoms with Gasteiger partial charge in [0.25, 0.3) is 5.91 Å². The van der Waals surface area contributed by atoms with Gasteiger partial charge in [-0.25, -0.2) is 0 Å². The number of hydrogen-bond acceptors (Lipinski definition) is 3. The molecule has 1 heterocycles. The molecule has 0 radical (unpaired) electrons. The molecule has 1 aromatic heterocycles. The van der Waals surface area contributed by atoms with Crippen LogP contribution in [-0.2, 0) is 20.3 Å². The van der Waals surface area contributed by atoms with Gasteiger partial charge < -0.3 is 14.5 Å². The number of hydrogen-bond donors (Lipinski definition) is 1. The zero-order chi connectivity index (χ0) is 19.4. The summed E-state index contributed by atoms with van der Waals surface area (Å²) in [4.78, 5) is 13.8. The number of benzene rings is 2. The molecular weight excluding hydrogens is 356 g/mol. The van der Waals surface area contributed by atoms with Crippen LogP contribution in [0.15, 0.2) is 60.8 Å². The molecule has 0 bridgehead atoms. The van der Waals surface area contributed by atoms with E-state index in [2.05, 4.69) is 40.2 Å². The summed E-state index contributed by atoms with van der Waals surface area (Å²) in [7, 11) is 5.69. The zero-order valence-corrected chi connectivity index (χ0v) is 16.7. The lowest BCUT2D eigenvalue weighted by Crippen LogP contribution is -2.22. The maximum Gasteiger partial charge on any atom is 0.251 e. The molecular formula is C21H24N4OS. The highest BCUT2D eigenvalue weighted by Crippen LogP contribution is 2.20. The number of rotatable bonds is 6. The molecule has 0 aliphatic carbocycles. The Hall–Kier alpha value is -2.70. The van der Waals surface area contributed by atoms with E-state index in [4.69, 9.17) is 12.2 Å². The molecule has 3 rings (SSSR count). The molecule has 0 atom stereocenters. The van der Waals surface area contributed by atoms with E-state index in [-0.39, 0.29) is 5.91 Å². The Labute approximate surface area is 164 Å². The van der Waals surface area contributed by atoms with E-state index in [0.717, 1.165) is 28.1 Å². The molecule has 0 aliphatic rings. The number of aromatic nitrogens is 2. The fraction of sp³-hybridized carbons (Fsp3) is 0.238. The standard InChI is InChI=1S/C21H24N4OS/c1-22-20(26)18-11-9-16(10-12-18)13-23(2)15-25-14-19(24(3)21(25)27)17-7-5-4-6-8-17/h4-12,14H,13,15H2,1-3H3,(H,22,26). The summed E-state index contributed by atoms with van der Waals surface area (Å²) >= 11 is 5.61. The first kappa shape index (κ1) is 19.1. The van der Waals surface area contributed by atoms with Crippen LogP contribution in [0.25, 0.3) is 11.3 Å². The highest BCUT2D eigenvalue weighted by molar-refractivity contribution is 7.71. The van der Waals surface area contributed by atoms with Gasteiger partial charge in [-0.1, -0.05) is 42.5 Å². The Morgan fingerprint density at radius 3 is 2.41 bits per heavy atom. The first-order valence-corrected chi connectivity index (χ1v) is 9.21. The lowest BCUT2D eigenvalue weighted by molar-refractivity contribution is 0.0963. The van der Waals surface area contributed by atoms with Crippen molar-refractivity contribution in [3.63, 3.8) is 0 Å². The van der Waals surface area contributed by atoms with Crippen molar-refractivity contribution in [2.24, 2.45) is 7.05 Å². The quantitative estimate of drug-likeness (QED) is 0.664. The minimum absolute atomic E-state index is 0.0704. The van der Waals surface area contributed by atoms with Gasteiger partial charge in [0.2, 0.25) is 0 Å². The van der Waals surface area contributed by atoms with Gasteiger partial charge in [0, 0.05) is 32.4 Å². The summed E-state index contributed by atoms with van der Waals surface area (Å²) < 4.78 is 4.91. The molecule has 1 N–H and O–H groups in total. The molecule has 140 valence electrons. The van der Waals surface area contributed by atoms with Crippen molar-refractivity contribution in [2.45, 2.75) is 13.2 Å². The molecule has 0 spiro atoms. The van der Waals surface area contributed by atoms with Gasteiger partial charge >= 0.3 is 0 Å². The fourth-order valence-electron chi connectivity index (χ4n) is 3.09. The van der Waals surface area contributed by atoms with Gasteiger partial charge in [0.05, 0.1) is 12.4 Å². The van der Waals surface area contributed by atoms with Crippen LogP contribution in [0.4, 0.5) is 0 Å². The third-order valence-electron chi connectivity index (χ3n) is 4.53. The number of nitrogens with zero attached hydrogens (tertiary/aromatic N) is 3. The van der Waals surface area contributed by atoms with Crippen LogP contribution in [0, 0.1) is 4.77 Å². The Morgan fingerprint density at radius 1 is 1.11 bits per heavy atom. The van der Waals surface area contributed by atoms with E-state index < -0.39 is 0 Å². The largest absolute Gasteiger partial charge is 0.355 e. The summed E-state index contributed by atoms with van der Waals surface area (Å²) in [5, 5.41) is 2.63. The minimum atomic E-state index is -0.0704. The SMILES string of the molecule is CNC(=O)c1ccc(CN(C)Cn2cc(-c3ccccc3)n(C)c2=S)cc1. The Balaban J connectivity index is 1.72. The van der Waals surface area contributed by atoms with Crippen molar-refractivity contribution >= 4 is 18.1 Å². The number of nitrogens with one attached hydrogen (secondary N) is 1. The van der Waals surface area contributed by atoms with E-state index in [1.165, 1.54) is 0 Å². The molecule has 6 heteroatoms. The lowest BCUT2D eigenvalue weighted by Gasteiger charge is -2.17. The summed E-state index contributed by atoms with van der Waals surface area (Å²) in [5.74, 6) is -0.0704. The van der Waals surface area contributed by atoms with Crippen molar-refractivity contribution in [3.05, 3.63) is 76.7 Å². The molecule has 0 saturated heterocycles. The van der Waals surface area contributed by atoms with Crippen molar-refractivity contribution in [3.8, 4) is 11.3 Å². The normalized spacial score (nSPS) is 11.0. The number of carbonyl (C=O) groups excluding carboxylic acids is 1. The third-order valence-corrected chi connectivity index (χ3v) is 5.04. The van der Waals surface area contributed by atoms with Crippen molar-refractivity contribution in [2.75, 3.05) is 14.1 Å². The van der Waals surface area contributed by atoms with Crippen LogP contribution in [-0.4, -0.2) is 34.0 Å². The van der Waals surface area contributed by atoms with E-state index >= 15 is 0 Å². The molecule has 27 heavy (non-hydrogen) atoms. The summed E-state index contributed by atoms with van der Waals surface area (Å²) in [6, 6.07) is 17.9. The summed E-state index contributed by atoms with van der Waals surface area (Å²) in [6.45, 7) is 1.46. The zero-order valence-electron chi connectivity index (χ0n) is 15.8. The van der Waals surface area contributed by atoms with Crippen LogP contribution >= 0.6 is 12.2 Å². The maximum absolute atomic E-state index is 11.6. The number of imidazole rings is 1. The molecule has 5 nitrogen and oxygen atoms in total. The summed E-state index contributed by atoms with van der Waals surface area (Å²) in [5.41, 5.74) is 4.07. The van der Waals surface area contributed by atoms with E-state index in [0.29, 0.717) is 12.2 Å². The third kappa shape index (κ3) is 4.35. The molecule has 1 amide bonds. The van der Waals surface area contributed by atoms with Gasteiger partial charge in [-0.2, -0.15) is 0 Å². The van der Waals surface area contributed by atoms with Crippen molar-refractivity contribution in [1.29, 1.82) is 0 Å². The number of carbonyl (C=O) groups is 1. The van der Waals surface area contributed by atoms with Crippen LogP contribution in [0.1, 0.15) is 15.9 Å². The molecule has 0 fully saturated rings. The van der Waals surface area contributed by atoms with E-state index in [1.807, 2.05) is 54.1 Å². The van der Waals surface area contributed by atoms with Gasteiger partial charge in [0.1, 0.15) is 0 Å². The van der Waals surface area contributed by atoms with Crippen molar-refractivity contribution in [1.82, 2.24) is 19.4 Å². The van der Waals surface area contributed by atoms with Gasteiger partial charge in [-0.15, -0.1) is 0 Å². The van der Waals surface area contributed by atoms with E-state index in [9.17, 15) is 4.79 Å². The molecule has 0 aliphatic heterocycles. The number of amides is 1. The average Bonchev–Trinajstić information content (AvgIpc) is 2.97. The monoisotopic (exact) mass is 380 g/mol. The predicted molar refractivity (Wildman–Crippen MR) is 111 cm³/mol. The van der Waals surface area contributed by atoms with Gasteiger partial charge in [0.15, 0.2) is 4.77 Å². The highest BCUT2D eigenvalue weighted by Gasteiger charge is 2.10. The van der Waals surface area contributed by atoms with Crippen LogP contribution < -0.4 is 5.32 Å². The van der Waals surface area contributed by atoms with Gasteiger partial charge in [-0.3, -0.25) is 9.69 Å². The Kier molecular flexibility index (Phi) is 5.88. The van der Waals surface area contributed by atoms with Crippen LogP contribution in [0.2, 0.25) is 0 Å². The maximum atomic E-state index is 11.6. The smallest absolute Gasteiger partial charge is 0.251 e. The average molecular weight is 381 g/mol. The van der Waals surface area contributed by atoms with Gasteiger partial charge in [-0.05, 0) is 42.5 Å². The van der Waals surface area contributed by atoms with Crippen molar-refractivity contribution < 1.29 is 4.79 Å². The van der Waals surface area contributed by atoms with E-state index in [1.54, 1.807) is 7.05 Å². The highest BCUT2D eigenvalue weighted by atomic mass is 32.1. The second-order valence-corrected chi connectivity index (χ2v) is 6.99. The first-order valence-electron chi connectivity index (χ1n) is 8.80. The topological polar surface area (TPSA) is 42.2 Å². The minimum Gasteiger partial charge on any atom is -0.355 e. The fourth-order valence-corrected chi connectivity index (χ4v) is 3.30. The predicted octanol–water partition coefficient (Wildman–Crippen LogP) is 3.67. The molecule has 0 unspecified atom stereocenters. The molecule has 2 aromatic carbocycles. The second kappa shape index (κ2) is 8.33. The molecule has 0 saturated carbocycles. The Bertz CT molecular complexity index is 974. The second-order valence-electron chi connectivity index (χ2n) is 6.62.